The molecule has 0 unspecified atom stereocenters. The highest BCUT2D eigenvalue weighted by atomic mass is 16.6. The van der Waals surface area contributed by atoms with E-state index in [-0.39, 0.29) is 6.10 Å². The molecule has 0 spiro atoms. The van der Waals surface area contributed by atoms with Gasteiger partial charge in [-0.15, -0.1) is 0 Å². The van der Waals surface area contributed by atoms with Gasteiger partial charge in [0.1, 0.15) is 5.60 Å². The molecule has 0 N–H and O–H groups in total. The van der Waals surface area contributed by atoms with Gasteiger partial charge in [0.05, 0.1) is 6.10 Å². The van der Waals surface area contributed by atoms with E-state index in [4.69, 9.17) is 4.74 Å². The molecule has 0 heterocycles. The molecule has 6 nitrogen and oxygen atoms in total. The zero-order valence-corrected chi connectivity index (χ0v) is 9.60. The van der Waals surface area contributed by atoms with E-state index in [9.17, 15) is 9.59 Å². The Morgan fingerprint density at radius 1 is 1.07 bits per heavy atom. The summed E-state index contributed by atoms with van der Waals surface area (Å²) in [5.74, 6) is 0. The summed E-state index contributed by atoms with van der Waals surface area (Å²) >= 11 is 0. The van der Waals surface area contributed by atoms with Crippen LogP contribution in [0.4, 0.5) is 9.59 Å². The molecule has 0 fully saturated rings. The Kier molecular flexibility index (Phi) is 4.90. The van der Waals surface area contributed by atoms with Crippen LogP contribution in [0.5, 0.6) is 0 Å². The molecule has 0 aromatic rings. The lowest BCUT2D eigenvalue weighted by molar-refractivity contribution is 0.0583. The second-order valence-corrected chi connectivity index (χ2v) is 4.11. The molecule has 0 aromatic carbocycles. The lowest BCUT2D eigenvalue weighted by Crippen LogP contribution is -2.21. The fourth-order valence-electron chi connectivity index (χ4n) is 0.589. The maximum atomic E-state index is 11.0. The van der Waals surface area contributed by atoms with Crippen LogP contribution in [0.1, 0.15) is 34.6 Å². The second kappa shape index (κ2) is 5.43. The van der Waals surface area contributed by atoms with Crippen molar-refractivity contribution in [2.24, 2.45) is 10.2 Å². The molecule has 0 rings (SSSR count). The minimum Gasteiger partial charge on any atom is -0.444 e. The molecule has 0 aliphatic heterocycles. The molecule has 0 aromatic heterocycles. The first-order valence-corrected chi connectivity index (χ1v) is 4.56. The van der Waals surface area contributed by atoms with Gasteiger partial charge in [0.2, 0.25) is 0 Å². The average molecular weight is 216 g/mol. The fraction of sp³-hybridized carbons (Fsp3) is 0.778. The quantitative estimate of drug-likeness (QED) is 0.631. The third-order valence-electron chi connectivity index (χ3n) is 0.943. The van der Waals surface area contributed by atoms with Crippen LogP contribution in [0.25, 0.3) is 0 Å². The van der Waals surface area contributed by atoms with Gasteiger partial charge in [-0.1, -0.05) is 10.2 Å². The van der Waals surface area contributed by atoms with Crippen molar-refractivity contribution in [3.63, 3.8) is 0 Å². The normalized spacial score (nSPS) is 11.9. The van der Waals surface area contributed by atoms with E-state index in [1.54, 1.807) is 34.6 Å². The van der Waals surface area contributed by atoms with Crippen LogP contribution >= 0.6 is 0 Å². The van der Waals surface area contributed by atoms with Crippen molar-refractivity contribution < 1.29 is 19.1 Å². The summed E-state index contributed by atoms with van der Waals surface area (Å²) < 4.78 is 9.41. The Morgan fingerprint density at radius 2 is 1.53 bits per heavy atom. The number of carbonyl (C=O) groups is 2. The highest BCUT2D eigenvalue weighted by Crippen LogP contribution is 2.08. The van der Waals surface area contributed by atoms with E-state index < -0.39 is 17.8 Å². The van der Waals surface area contributed by atoms with Crippen LogP contribution in [0.3, 0.4) is 0 Å². The van der Waals surface area contributed by atoms with Gasteiger partial charge in [-0.05, 0) is 34.6 Å². The Balaban J connectivity index is 4.07. The minimum absolute atomic E-state index is 0.296. The molecule has 86 valence electrons. The molecule has 0 saturated heterocycles. The smallest absolute Gasteiger partial charge is 0.444 e. The third-order valence-corrected chi connectivity index (χ3v) is 0.943. The predicted molar refractivity (Wildman–Crippen MR) is 52.7 cm³/mol. The fourth-order valence-corrected chi connectivity index (χ4v) is 0.589. The SMILES string of the molecule is CC(C)OC(=O)/N=N/C(=O)OC(C)(C)C. The summed E-state index contributed by atoms with van der Waals surface area (Å²) in [5.41, 5.74) is -0.655. The van der Waals surface area contributed by atoms with Gasteiger partial charge >= 0.3 is 12.2 Å². The molecule has 2 amide bonds. The van der Waals surface area contributed by atoms with E-state index in [0.29, 0.717) is 0 Å². The second-order valence-electron chi connectivity index (χ2n) is 4.11. The van der Waals surface area contributed by atoms with E-state index in [2.05, 4.69) is 15.0 Å². The lowest BCUT2D eigenvalue weighted by Gasteiger charge is -2.16. The van der Waals surface area contributed by atoms with E-state index >= 15 is 0 Å². The summed E-state index contributed by atoms with van der Waals surface area (Å²) in [7, 11) is 0. The van der Waals surface area contributed by atoms with Crippen LogP contribution in [0, 0.1) is 0 Å². The van der Waals surface area contributed by atoms with E-state index in [1.165, 1.54) is 0 Å². The van der Waals surface area contributed by atoms with Crippen molar-refractivity contribution in [3.8, 4) is 0 Å². The van der Waals surface area contributed by atoms with Gasteiger partial charge in [0.15, 0.2) is 0 Å². The Labute approximate surface area is 88.7 Å². The van der Waals surface area contributed by atoms with Crippen molar-refractivity contribution in [1.82, 2.24) is 0 Å². The van der Waals surface area contributed by atoms with Crippen LogP contribution < -0.4 is 0 Å². The number of nitrogens with zero attached hydrogens (tertiary/aromatic N) is 2. The molecule has 0 aliphatic rings. The Bertz CT molecular complexity index is 266. The maximum Gasteiger partial charge on any atom is 0.453 e. The van der Waals surface area contributed by atoms with Gasteiger partial charge in [0.25, 0.3) is 0 Å². The zero-order chi connectivity index (χ0) is 12.1. The summed E-state index contributed by atoms with van der Waals surface area (Å²) in [6.07, 6.45) is -2.12. The highest BCUT2D eigenvalue weighted by molar-refractivity contribution is 5.73. The first-order chi connectivity index (χ1) is 6.70. The highest BCUT2D eigenvalue weighted by Gasteiger charge is 2.16. The van der Waals surface area contributed by atoms with E-state index in [1.807, 2.05) is 0 Å². The zero-order valence-electron chi connectivity index (χ0n) is 9.60. The first-order valence-electron chi connectivity index (χ1n) is 4.56. The van der Waals surface area contributed by atoms with Crippen molar-refractivity contribution in [3.05, 3.63) is 0 Å². The molecule has 0 saturated carbocycles. The number of rotatable bonds is 1. The van der Waals surface area contributed by atoms with Gasteiger partial charge < -0.3 is 9.47 Å². The predicted octanol–water partition coefficient (Wildman–Crippen LogP) is 2.92. The first kappa shape index (κ1) is 13.5. The van der Waals surface area contributed by atoms with Gasteiger partial charge in [-0.25, -0.2) is 9.59 Å². The van der Waals surface area contributed by atoms with Crippen LogP contribution in [-0.4, -0.2) is 23.9 Å². The summed E-state index contributed by atoms with van der Waals surface area (Å²) in [6, 6.07) is 0. The standard InChI is InChI=1S/C9H16N2O4/c1-6(2)14-7(12)10-11-8(13)15-9(3,4)5/h6H,1-5H3/b11-10+. The van der Waals surface area contributed by atoms with Crippen LogP contribution in [-0.2, 0) is 9.47 Å². The molecule has 0 bridgehead atoms. The summed E-state index contributed by atoms with van der Waals surface area (Å²) in [5, 5.41) is 6.09. The van der Waals surface area contributed by atoms with Crippen molar-refractivity contribution >= 4 is 12.2 Å². The number of ether oxygens (including phenoxy) is 2. The lowest BCUT2D eigenvalue weighted by atomic mass is 10.2. The van der Waals surface area contributed by atoms with Crippen molar-refractivity contribution in [2.45, 2.75) is 46.3 Å². The van der Waals surface area contributed by atoms with Crippen LogP contribution in [0.15, 0.2) is 10.2 Å². The number of amides is 2. The molecule has 15 heavy (non-hydrogen) atoms. The average Bonchev–Trinajstić information content (AvgIpc) is 1.96. The molecule has 0 atom stereocenters. The monoisotopic (exact) mass is 216 g/mol. The third kappa shape index (κ3) is 8.86. The minimum atomic E-state index is -0.914. The summed E-state index contributed by atoms with van der Waals surface area (Å²) in [6.45, 7) is 8.40. The van der Waals surface area contributed by atoms with Gasteiger partial charge in [0, 0.05) is 0 Å². The van der Waals surface area contributed by atoms with Crippen LogP contribution in [0.2, 0.25) is 0 Å². The Hall–Kier alpha value is -1.46. The Morgan fingerprint density at radius 3 is 1.93 bits per heavy atom. The van der Waals surface area contributed by atoms with Crippen molar-refractivity contribution in [2.75, 3.05) is 0 Å². The summed E-state index contributed by atoms with van der Waals surface area (Å²) in [4.78, 5) is 21.8. The number of carbonyl (C=O) groups excluding carboxylic acids is 2. The molecular formula is C9H16N2O4. The topological polar surface area (TPSA) is 77.3 Å². The van der Waals surface area contributed by atoms with Gasteiger partial charge in [-0.3, -0.25) is 0 Å². The van der Waals surface area contributed by atoms with Crippen molar-refractivity contribution in [1.29, 1.82) is 0 Å². The number of hydrogen-bond donors (Lipinski definition) is 0. The molecule has 6 heteroatoms. The largest absolute Gasteiger partial charge is 0.453 e. The number of azo groups is 1. The molecule has 0 radical (unpaired) electrons. The molecular weight excluding hydrogens is 200 g/mol. The number of hydrogen-bond acceptors (Lipinski definition) is 4. The van der Waals surface area contributed by atoms with Gasteiger partial charge in [-0.2, -0.15) is 0 Å². The molecule has 0 aliphatic carbocycles. The van der Waals surface area contributed by atoms with E-state index in [0.717, 1.165) is 0 Å². The maximum absolute atomic E-state index is 11.0.